The summed E-state index contributed by atoms with van der Waals surface area (Å²) >= 11 is 0. The van der Waals surface area contributed by atoms with Crippen molar-refractivity contribution >= 4 is 5.91 Å². The molecule has 4 rings (SSSR count). The van der Waals surface area contributed by atoms with Crippen LogP contribution in [-0.4, -0.2) is 35.3 Å². The van der Waals surface area contributed by atoms with Crippen LogP contribution in [0.4, 0.5) is 0 Å². The van der Waals surface area contributed by atoms with E-state index in [-0.39, 0.29) is 11.3 Å². The van der Waals surface area contributed by atoms with Crippen LogP contribution in [0, 0.1) is 10.8 Å². The summed E-state index contributed by atoms with van der Waals surface area (Å²) in [5.74, 6) is 1.39. The van der Waals surface area contributed by atoms with Crippen LogP contribution in [0.1, 0.15) is 61.9 Å². The average molecular weight is 381 g/mol. The third kappa shape index (κ3) is 4.02. The van der Waals surface area contributed by atoms with E-state index in [0.717, 1.165) is 31.7 Å². The Bertz CT molecular complexity index is 841. The van der Waals surface area contributed by atoms with E-state index >= 15 is 0 Å². The first-order valence-corrected chi connectivity index (χ1v) is 10.4. The number of fused-ring (bicyclic) bond motifs is 2. The number of rotatable bonds is 5. The molecule has 1 saturated heterocycles. The van der Waals surface area contributed by atoms with Gasteiger partial charge in [-0.25, -0.2) is 0 Å². The monoisotopic (exact) mass is 380 g/mol. The Morgan fingerprint density at radius 1 is 1.11 bits per heavy atom. The number of hydrogen-bond acceptors (Lipinski definition) is 3. The Balaban J connectivity index is 1.41. The third-order valence-corrected chi connectivity index (χ3v) is 6.27. The molecule has 0 radical (unpaired) electrons. The predicted octanol–water partition coefficient (Wildman–Crippen LogP) is 4.95. The molecule has 28 heavy (non-hydrogen) atoms. The number of carbonyl (C=O) groups is 1. The van der Waals surface area contributed by atoms with Gasteiger partial charge < -0.3 is 9.32 Å². The van der Waals surface area contributed by atoms with Gasteiger partial charge in [-0.2, -0.15) is 0 Å². The molecule has 2 heterocycles. The van der Waals surface area contributed by atoms with Gasteiger partial charge >= 0.3 is 0 Å². The maximum Gasteiger partial charge on any atom is 0.289 e. The molecule has 2 atom stereocenters. The molecule has 4 nitrogen and oxygen atoms in total. The van der Waals surface area contributed by atoms with Crippen LogP contribution >= 0.6 is 0 Å². The average Bonchev–Trinajstić information content (AvgIpc) is 3.16. The summed E-state index contributed by atoms with van der Waals surface area (Å²) in [6, 6.07) is 14.5. The lowest BCUT2D eigenvalue weighted by Gasteiger charge is -2.39. The maximum absolute atomic E-state index is 13.2. The van der Waals surface area contributed by atoms with Crippen LogP contribution in [-0.2, 0) is 13.1 Å². The minimum absolute atomic E-state index is 0.0587. The quantitative estimate of drug-likeness (QED) is 0.736. The van der Waals surface area contributed by atoms with Crippen molar-refractivity contribution in [1.82, 2.24) is 9.80 Å². The Morgan fingerprint density at radius 3 is 2.61 bits per heavy atom. The molecule has 2 aliphatic rings. The molecule has 1 aromatic carbocycles. The van der Waals surface area contributed by atoms with Gasteiger partial charge in [-0.3, -0.25) is 9.69 Å². The highest BCUT2D eigenvalue weighted by Crippen LogP contribution is 2.52. The third-order valence-electron chi connectivity index (χ3n) is 6.27. The fourth-order valence-electron chi connectivity index (χ4n) is 5.63. The highest BCUT2D eigenvalue weighted by Gasteiger charge is 2.51. The minimum atomic E-state index is 0.0587. The van der Waals surface area contributed by atoms with Gasteiger partial charge in [0.2, 0.25) is 0 Å². The first-order chi connectivity index (χ1) is 13.2. The lowest BCUT2D eigenvalue weighted by molar-refractivity contribution is 0.0673. The number of benzene rings is 1. The van der Waals surface area contributed by atoms with Crippen LogP contribution < -0.4 is 0 Å². The molecule has 2 unspecified atom stereocenters. The molecular weight excluding hydrogens is 348 g/mol. The standard InChI is InChI=1S/C24H32N2O2/c1-23(2)12-19-13-24(3,16-23)17-26(19)22(27)21-11-10-20(28-21)15-25(4)14-18-8-6-5-7-9-18/h5-11,19H,12-17H2,1-4H3. The van der Waals surface area contributed by atoms with Gasteiger partial charge in [0.1, 0.15) is 5.76 Å². The van der Waals surface area contributed by atoms with Gasteiger partial charge in [0, 0.05) is 19.1 Å². The predicted molar refractivity (Wildman–Crippen MR) is 111 cm³/mol. The summed E-state index contributed by atoms with van der Waals surface area (Å²) < 4.78 is 5.97. The molecule has 150 valence electrons. The Hall–Kier alpha value is -2.07. The number of likely N-dealkylation sites (tertiary alicyclic amines) is 1. The van der Waals surface area contributed by atoms with Crippen LogP contribution in [0.5, 0.6) is 0 Å². The second-order valence-electron chi connectivity index (χ2n) is 10.1. The molecular formula is C24H32N2O2. The van der Waals surface area contributed by atoms with E-state index in [1.54, 1.807) is 0 Å². The van der Waals surface area contributed by atoms with Gasteiger partial charge in [-0.1, -0.05) is 51.1 Å². The molecule has 2 fully saturated rings. The highest BCUT2D eigenvalue weighted by atomic mass is 16.4. The second kappa shape index (κ2) is 7.07. The molecule has 1 saturated carbocycles. The van der Waals surface area contributed by atoms with Crippen molar-refractivity contribution in [2.75, 3.05) is 13.6 Å². The van der Waals surface area contributed by atoms with Crippen molar-refractivity contribution in [1.29, 1.82) is 0 Å². The van der Waals surface area contributed by atoms with Crippen molar-refractivity contribution in [2.45, 2.75) is 59.2 Å². The highest BCUT2D eigenvalue weighted by molar-refractivity contribution is 5.92. The summed E-state index contributed by atoms with van der Waals surface area (Å²) in [6.07, 6.45) is 3.39. The fourth-order valence-corrected chi connectivity index (χ4v) is 5.63. The molecule has 4 heteroatoms. The zero-order valence-electron chi connectivity index (χ0n) is 17.6. The van der Waals surface area contributed by atoms with E-state index in [1.165, 1.54) is 12.0 Å². The van der Waals surface area contributed by atoms with Gasteiger partial charge in [0.15, 0.2) is 5.76 Å². The van der Waals surface area contributed by atoms with Crippen LogP contribution in [0.25, 0.3) is 0 Å². The van der Waals surface area contributed by atoms with Crippen LogP contribution in [0.3, 0.4) is 0 Å². The topological polar surface area (TPSA) is 36.7 Å². The number of furan rings is 1. The van der Waals surface area contributed by atoms with Gasteiger partial charge in [0.25, 0.3) is 5.91 Å². The smallest absolute Gasteiger partial charge is 0.289 e. The zero-order valence-corrected chi connectivity index (χ0v) is 17.6. The molecule has 1 aromatic heterocycles. The van der Waals surface area contributed by atoms with E-state index in [4.69, 9.17) is 4.42 Å². The van der Waals surface area contributed by atoms with Crippen LogP contribution in [0.2, 0.25) is 0 Å². The number of amides is 1. The summed E-state index contributed by atoms with van der Waals surface area (Å²) in [6.45, 7) is 9.39. The first-order valence-electron chi connectivity index (χ1n) is 10.4. The van der Waals surface area contributed by atoms with Crippen molar-refractivity contribution < 1.29 is 9.21 Å². The lowest BCUT2D eigenvalue weighted by Crippen LogP contribution is -2.37. The van der Waals surface area contributed by atoms with E-state index in [1.807, 2.05) is 18.2 Å². The van der Waals surface area contributed by atoms with Crippen molar-refractivity contribution in [3.8, 4) is 0 Å². The van der Waals surface area contributed by atoms with E-state index in [2.05, 4.69) is 61.9 Å². The largest absolute Gasteiger partial charge is 0.455 e. The van der Waals surface area contributed by atoms with E-state index in [0.29, 0.717) is 23.8 Å². The molecule has 2 aromatic rings. The van der Waals surface area contributed by atoms with Crippen LogP contribution in [0.15, 0.2) is 46.9 Å². The first kappa shape index (κ1) is 19.3. The summed E-state index contributed by atoms with van der Waals surface area (Å²) in [5, 5.41) is 0. The summed E-state index contributed by atoms with van der Waals surface area (Å²) in [7, 11) is 2.07. The molecule has 1 aliphatic carbocycles. The lowest BCUT2D eigenvalue weighted by atomic mass is 9.65. The normalized spacial score (nSPS) is 26.0. The summed E-state index contributed by atoms with van der Waals surface area (Å²) in [5.41, 5.74) is 1.82. The number of hydrogen-bond donors (Lipinski definition) is 0. The molecule has 0 N–H and O–H groups in total. The minimum Gasteiger partial charge on any atom is -0.455 e. The fraction of sp³-hybridized carbons (Fsp3) is 0.542. The molecule has 2 bridgehead atoms. The van der Waals surface area contributed by atoms with Crippen molar-refractivity contribution in [3.05, 3.63) is 59.5 Å². The second-order valence-corrected chi connectivity index (χ2v) is 10.1. The Kier molecular flexibility index (Phi) is 4.86. The number of nitrogens with zero attached hydrogens (tertiary/aromatic N) is 2. The Morgan fingerprint density at radius 2 is 1.86 bits per heavy atom. The van der Waals surface area contributed by atoms with E-state index in [9.17, 15) is 4.79 Å². The SMILES string of the molecule is CN(Cc1ccccc1)Cc1ccc(C(=O)N2CC3(C)CC2CC(C)(C)C3)o1. The summed E-state index contributed by atoms with van der Waals surface area (Å²) in [4.78, 5) is 17.4. The van der Waals surface area contributed by atoms with Gasteiger partial charge in [-0.15, -0.1) is 0 Å². The van der Waals surface area contributed by atoms with Gasteiger partial charge in [-0.05, 0) is 54.8 Å². The van der Waals surface area contributed by atoms with Crippen molar-refractivity contribution in [3.63, 3.8) is 0 Å². The molecule has 0 spiro atoms. The number of carbonyl (C=O) groups excluding carboxylic acids is 1. The van der Waals surface area contributed by atoms with E-state index < -0.39 is 0 Å². The maximum atomic E-state index is 13.2. The molecule has 1 amide bonds. The molecule has 1 aliphatic heterocycles. The van der Waals surface area contributed by atoms with Crippen molar-refractivity contribution in [2.24, 2.45) is 10.8 Å². The Labute approximate surface area is 168 Å². The van der Waals surface area contributed by atoms with Gasteiger partial charge in [0.05, 0.1) is 6.54 Å². The zero-order chi connectivity index (χ0) is 19.9.